The van der Waals surface area contributed by atoms with Crippen LogP contribution in [0.3, 0.4) is 0 Å². The van der Waals surface area contributed by atoms with Gasteiger partial charge < -0.3 is 4.57 Å². The lowest BCUT2D eigenvalue weighted by Gasteiger charge is -2.02. The molecule has 0 aliphatic heterocycles. The number of imidazole rings is 1. The molecule has 1 heterocycles. The fraction of sp³-hybridized carbons (Fsp3) is 0.300. The van der Waals surface area contributed by atoms with Crippen LogP contribution in [-0.2, 0) is 6.54 Å². The smallest absolute Gasteiger partial charge is 0.178 e. The number of hydrogen-bond donors (Lipinski definition) is 0. The van der Waals surface area contributed by atoms with E-state index >= 15 is 0 Å². The summed E-state index contributed by atoms with van der Waals surface area (Å²) in [6, 6.07) is 5.85. The summed E-state index contributed by atoms with van der Waals surface area (Å²) in [6.45, 7) is 3.10. The summed E-state index contributed by atoms with van der Waals surface area (Å²) in [5.74, 6) is 0. The molecule has 0 saturated heterocycles. The van der Waals surface area contributed by atoms with Crippen LogP contribution in [0, 0.1) is 0 Å². The van der Waals surface area contributed by atoms with Crippen molar-refractivity contribution in [2.24, 2.45) is 0 Å². The van der Waals surface area contributed by atoms with E-state index in [1.54, 1.807) is 0 Å². The molecular weight excluding hydrogens is 263 g/mol. The van der Waals surface area contributed by atoms with E-state index in [1.807, 2.05) is 18.2 Å². The molecule has 74 valence electrons. The molecule has 0 saturated carbocycles. The molecule has 1 aromatic carbocycles. The first-order chi connectivity index (χ1) is 6.74. The predicted molar refractivity (Wildman–Crippen MR) is 62.7 cm³/mol. The Morgan fingerprint density at radius 2 is 2.29 bits per heavy atom. The van der Waals surface area contributed by atoms with Crippen LogP contribution in [0.25, 0.3) is 11.0 Å². The van der Waals surface area contributed by atoms with E-state index in [1.165, 1.54) is 0 Å². The summed E-state index contributed by atoms with van der Waals surface area (Å²) >= 11 is 9.48. The van der Waals surface area contributed by atoms with Gasteiger partial charge in [0.25, 0.3) is 0 Å². The van der Waals surface area contributed by atoms with Gasteiger partial charge in [0, 0.05) is 6.54 Å². The number of hydrogen-bond acceptors (Lipinski definition) is 1. The number of para-hydroxylation sites is 1. The number of benzene rings is 1. The third-order valence-electron chi connectivity index (χ3n) is 2.13. The molecule has 2 rings (SSSR count). The Balaban J connectivity index is 2.70. The topological polar surface area (TPSA) is 17.8 Å². The van der Waals surface area contributed by atoms with Crippen LogP contribution in [0.1, 0.15) is 13.3 Å². The Labute approximate surface area is 96.0 Å². The summed E-state index contributed by atoms with van der Waals surface area (Å²) in [5.41, 5.74) is 1.96. The summed E-state index contributed by atoms with van der Waals surface area (Å²) < 4.78 is 2.98. The molecule has 2 aromatic rings. The van der Waals surface area contributed by atoms with E-state index in [9.17, 15) is 0 Å². The van der Waals surface area contributed by atoms with E-state index in [4.69, 9.17) is 11.6 Å². The second kappa shape index (κ2) is 3.91. The third kappa shape index (κ3) is 1.55. The van der Waals surface area contributed by atoms with Crippen molar-refractivity contribution in [3.63, 3.8) is 0 Å². The maximum Gasteiger partial charge on any atom is 0.178 e. The molecule has 0 fully saturated rings. The summed E-state index contributed by atoms with van der Waals surface area (Å²) in [7, 11) is 0. The molecule has 0 radical (unpaired) electrons. The molecular formula is C10H10BrClN2. The Bertz CT molecular complexity index is 464. The molecule has 4 heteroatoms. The maximum absolute atomic E-state index is 6.05. The monoisotopic (exact) mass is 272 g/mol. The normalized spacial score (nSPS) is 11.1. The fourth-order valence-corrected chi connectivity index (χ4v) is 2.28. The largest absolute Gasteiger partial charge is 0.319 e. The zero-order valence-electron chi connectivity index (χ0n) is 7.80. The molecule has 14 heavy (non-hydrogen) atoms. The van der Waals surface area contributed by atoms with Crippen molar-refractivity contribution in [3.8, 4) is 0 Å². The van der Waals surface area contributed by atoms with Crippen molar-refractivity contribution in [1.82, 2.24) is 9.55 Å². The average molecular weight is 274 g/mol. The highest BCUT2D eigenvalue weighted by atomic mass is 79.9. The number of aromatic nitrogens is 2. The van der Waals surface area contributed by atoms with E-state index in [2.05, 4.69) is 32.4 Å². The molecule has 2 nitrogen and oxygen atoms in total. The second-order valence-corrected chi connectivity index (χ2v) is 4.26. The van der Waals surface area contributed by atoms with Gasteiger partial charge in [0.2, 0.25) is 0 Å². The van der Waals surface area contributed by atoms with Gasteiger partial charge in [0.05, 0.1) is 10.5 Å². The maximum atomic E-state index is 6.05. The van der Waals surface area contributed by atoms with Gasteiger partial charge in [0.1, 0.15) is 5.52 Å². The first-order valence-corrected chi connectivity index (χ1v) is 5.71. The molecule has 0 aliphatic carbocycles. The van der Waals surface area contributed by atoms with Crippen molar-refractivity contribution in [3.05, 3.63) is 28.0 Å². The van der Waals surface area contributed by atoms with Crippen LogP contribution in [0.4, 0.5) is 0 Å². The predicted octanol–water partition coefficient (Wildman–Crippen LogP) is 3.86. The number of fused-ring (bicyclic) bond motifs is 1. The molecule has 0 aliphatic rings. The highest BCUT2D eigenvalue weighted by molar-refractivity contribution is 9.10. The van der Waals surface area contributed by atoms with E-state index in [0.29, 0.717) is 5.02 Å². The van der Waals surface area contributed by atoms with Gasteiger partial charge in [-0.25, -0.2) is 4.98 Å². The first-order valence-electron chi connectivity index (χ1n) is 4.54. The second-order valence-electron chi connectivity index (χ2n) is 3.14. The molecule has 0 unspecified atom stereocenters. The van der Waals surface area contributed by atoms with Crippen molar-refractivity contribution in [2.45, 2.75) is 19.9 Å². The average Bonchev–Trinajstić information content (AvgIpc) is 2.47. The lowest BCUT2D eigenvalue weighted by molar-refractivity contribution is 0.682. The first kappa shape index (κ1) is 9.99. The highest BCUT2D eigenvalue weighted by Gasteiger charge is 2.09. The zero-order chi connectivity index (χ0) is 10.1. The third-order valence-corrected chi connectivity index (χ3v) is 3.04. The Morgan fingerprint density at radius 3 is 3.00 bits per heavy atom. The van der Waals surface area contributed by atoms with Gasteiger partial charge in [-0.1, -0.05) is 24.6 Å². The Morgan fingerprint density at radius 1 is 1.50 bits per heavy atom. The van der Waals surface area contributed by atoms with Crippen LogP contribution in [0.15, 0.2) is 22.9 Å². The van der Waals surface area contributed by atoms with Gasteiger partial charge in [0.15, 0.2) is 4.73 Å². The van der Waals surface area contributed by atoms with E-state index in [0.717, 1.165) is 28.7 Å². The summed E-state index contributed by atoms with van der Waals surface area (Å²) in [6.07, 6.45) is 1.08. The van der Waals surface area contributed by atoms with Gasteiger partial charge in [-0.3, -0.25) is 0 Å². The van der Waals surface area contributed by atoms with E-state index < -0.39 is 0 Å². The van der Waals surface area contributed by atoms with Crippen molar-refractivity contribution in [2.75, 3.05) is 0 Å². The fourth-order valence-electron chi connectivity index (χ4n) is 1.52. The molecule has 0 bridgehead atoms. The van der Waals surface area contributed by atoms with Crippen LogP contribution < -0.4 is 0 Å². The molecule has 0 spiro atoms. The summed E-state index contributed by atoms with van der Waals surface area (Å²) in [4.78, 5) is 4.38. The highest BCUT2D eigenvalue weighted by Crippen LogP contribution is 2.26. The Kier molecular flexibility index (Phi) is 2.79. The van der Waals surface area contributed by atoms with Crippen molar-refractivity contribution < 1.29 is 0 Å². The van der Waals surface area contributed by atoms with Gasteiger partial charge in [-0.05, 0) is 34.5 Å². The van der Waals surface area contributed by atoms with Crippen molar-refractivity contribution in [1.29, 1.82) is 0 Å². The minimum atomic E-state index is 0.707. The number of aryl methyl sites for hydroxylation is 1. The quantitative estimate of drug-likeness (QED) is 0.812. The summed E-state index contributed by atoms with van der Waals surface area (Å²) in [5, 5.41) is 0.707. The minimum absolute atomic E-state index is 0.707. The molecule has 0 amide bonds. The van der Waals surface area contributed by atoms with Crippen LogP contribution in [-0.4, -0.2) is 9.55 Å². The SMILES string of the molecule is CCCn1c(Br)nc2c(Cl)cccc21. The number of nitrogens with zero attached hydrogens (tertiary/aromatic N) is 2. The Hall–Kier alpha value is -0.540. The lowest BCUT2D eigenvalue weighted by Crippen LogP contribution is -1.96. The standard InChI is InChI=1S/C10H10BrClN2/c1-2-6-14-8-5-3-4-7(12)9(8)13-10(14)11/h3-5H,2,6H2,1H3. The zero-order valence-corrected chi connectivity index (χ0v) is 10.1. The molecule has 0 atom stereocenters. The van der Waals surface area contributed by atoms with Gasteiger partial charge in [-0.2, -0.15) is 0 Å². The molecule has 0 N–H and O–H groups in total. The van der Waals surface area contributed by atoms with E-state index in [-0.39, 0.29) is 0 Å². The van der Waals surface area contributed by atoms with Gasteiger partial charge in [-0.15, -0.1) is 0 Å². The van der Waals surface area contributed by atoms with Crippen LogP contribution in [0.2, 0.25) is 5.02 Å². The van der Waals surface area contributed by atoms with Crippen LogP contribution in [0.5, 0.6) is 0 Å². The minimum Gasteiger partial charge on any atom is -0.319 e. The lowest BCUT2D eigenvalue weighted by atomic mass is 10.3. The number of halogens is 2. The van der Waals surface area contributed by atoms with Crippen LogP contribution >= 0.6 is 27.5 Å². The number of rotatable bonds is 2. The van der Waals surface area contributed by atoms with Crippen molar-refractivity contribution >= 4 is 38.6 Å². The van der Waals surface area contributed by atoms with Gasteiger partial charge >= 0.3 is 0 Å². The molecule has 1 aromatic heterocycles.